The first kappa shape index (κ1) is 16.5. The van der Waals surface area contributed by atoms with Gasteiger partial charge in [-0.2, -0.15) is 5.10 Å². The highest BCUT2D eigenvalue weighted by Gasteiger charge is 2.06. The molecule has 0 bridgehead atoms. The highest BCUT2D eigenvalue weighted by atomic mass is 15.3. The number of aromatic nitrogens is 4. The zero-order chi connectivity index (χ0) is 16.9. The van der Waals surface area contributed by atoms with E-state index in [0.29, 0.717) is 0 Å². The maximum absolute atomic E-state index is 4.49. The maximum Gasteiger partial charge on any atom is 0.108 e. The Bertz CT molecular complexity index is 786. The number of benzene rings is 1. The zero-order valence-electron chi connectivity index (χ0n) is 14.7. The van der Waals surface area contributed by atoms with Gasteiger partial charge in [-0.25, -0.2) is 9.67 Å². The van der Waals surface area contributed by atoms with Crippen molar-refractivity contribution in [3.8, 4) is 5.69 Å². The van der Waals surface area contributed by atoms with Crippen LogP contribution in [0.2, 0.25) is 0 Å². The lowest BCUT2D eigenvalue weighted by Gasteiger charge is -2.15. The summed E-state index contributed by atoms with van der Waals surface area (Å²) in [6.45, 7) is 4.05. The number of hydrogen-bond acceptors (Lipinski definition) is 3. The molecular formula is C19H25N5. The molecule has 0 amide bonds. The number of rotatable bonds is 7. The van der Waals surface area contributed by atoms with Crippen molar-refractivity contribution in [2.45, 2.75) is 26.3 Å². The summed E-state index contributed by atoms with van der Waals surface area (Å²) >= 11 is 0. The van der Waals surface area contributed by atoms with Gasteiger partial charge in [0.25, 0.3) is 0 Å². The van der Waals surface area contributed by atoms with Gasteiger partial charge in [-0.3, -0.25) is 0 Å². The van der Waals surface area contributed by atoms with Gasteiger partial charge in [-0.1, -0.05) is 12.1 Å². The molecule has 0 spiro atoms. The van der Waals surface area contributed by atoms with Gasteiger partial charge in [0.05, 0.1) is 11.9 Å². The SMILES string of the molecule is Cc1cccc(-n2cc(CN(C)CCCc3nccn3C)cn2)c1. The summed E-state index contributed by atoms with van der Waals surface area (Å²) in [5.41, 5.74) is 3.59. The van der Waals surface area contributed by atoms with Crippen molar-refractivity contribution >= 4 is 0 Å². The van der Waals surface area contributed by atoms with Gasteiger partial charge in [0.2, 0.25) is 0 Å². The van der Waals surface area contributed by atoms with Crippen LogP contribution in [0.3, 0.4) is 0 Å². The first-order valence-electron chi connectivity index (χ1n) is 8.37. The molecule has 1 aromatic carbocycles. The van der Waals surface area contributed by atoms with Gasteiger partial charge in [-0.15, -0.1) is 0 Å². The van der Waals surface area contributed by atoms with Crippen molar-refractivity contribution in [2.75, 3.05) is 13.6 Å². The summed E-state index contributed by atoms with van der Waals surface area (Å²) in [5, 5.41) is 4.49. The normalized spacial score (nSPS) is 11.3. The molecule has 126 valence electrons. The number of imidazole rings is 1. The first-order valence-corrected chi connectivity index (χ1v) is 8.37. The van der Waals surface area contributed by atoms with Crippen molar-refractivity contribution in [2.24, 2.45) is 7.05 Å². The molecule has 0 N–H and O–H groups in total. The molecule has 0 saturated carbocycles. The molecule has 2 heterocycles. The molecule has 0 aliphatic carbocycles. The molecule has 3 aromatic rings. The van der Waals surface area contributed by atoms with E-state index in [1.165, 1.54) is 11.1 Å². The molecule has 0 atom stereocenters. The van der Waals surface area contributed by atoms with Crippen LogP contribution in [0.15, 0.2) is 49.1 Å². The quantitative estimate of drug-likeness (QED) is 0.671. The minimum atomic E-state index is 0.909. The van der Waals surface area contributed by atoms with Crippen LogP contribution in [-0.2, 0) is 20.0 Å². The lowest BCUT2D eigenvalue weighted by molar-refractivity contribution is 0.321. The minimum absolute atomic E-state index is 0.909. The summed E-state index contributed by atoms with van der Waals surface area (Å²) in [6, 6.07) is 8.40. The first-order chi connectivity index (χ1) is 11.6. The Morgan fingerprint density at radius 1 is 1.25 bits per heavy atom. The fourth-order valence-electron chi connectivity index (χ4n) is 2.89. The monoisotopic (exact) mass is 323 g/mol. The predicted molar refractivity (Wildman–Crippen MR) is 96.2 cm³/mol. The van der Waals surface area contributed by atoms with Crippen LogP contribution in [0.25, 0.3) is 5.69 Å². The van der Waals surface area contributed by atoms with E-state index in [4.69, 9.17) is 0 Å². The molecule has 5 nitrogen and oxygen atoms in total. The van der Waals surface area contributed by atoms with E-state index in [1.807, 2.05) is 30.3 Å². The van der Waals surface area contributed by atoms with Gasteiger partial charge in [0.1, 0.15) is 5.82 Å². The Kier molecular flexibility index (Phi) is 5.11. The maximum atomic E-state index is 4.49. The summed E-state index contributed by atoms with van der Waals surface area (Å²) in [7, 11) is 4.20. The topological polar surface area (TPSA) is 38.9 Å². The Labute approximate surface area is 143 Å². The molecule has 0 aliphatic heterocycles. The zero-order valence-corrected chi connectivity index (χ0v) is 14.7. The van der Waals surface area contributed by atoms with E-state index in [9.17, 15) is 0 Å². The molecule has 5 heteroatoms. The third-order valence-electron chi connectivity index (χ3n) is 4.22. The molecule has 3 rings (SSSR count). The van der Waals surface area contributed by atoms with Crippen LogP contribution in [0.1, 0.15) is 23.4 Å². The molecular weight excluding hydrogens is 298 g/mol. The predicted octanol–water partition coefficient (Wildman–Crippen LogP) is 2.98. The van der Waals surface area contributed by atoms with Gasteiger partial charge in [0.15, 0.2) is 0 Å². The average Bonchev–Trinajstić information content (AvgIpc) is 3.17. The van der Waals surface area contributed by atoms with E-state index in [-0.39, 0.29) is 0 Å². The van der Waals surface area contributed by atoms with Crippen molar-refractivity contribution in [3.63, 3.8) is 0 Å². The summed E-state index contributed by atoms with van der Waals surface area (Å²) in [6.07, 6.45) is 10.0. The standard InChI is InChI=1S/C19H25N5/c1-16-6-4-7-18(12-16)24-15-17(13-21-24)14-22(2)10-5-8-19-20-9-11-23(19)3/h4,6-7,9,11-13,15H,5,8,10,14H2,1-3H3. The van der Waals surface area contributed by atoms with Crippen LogP contribution < -0.4 is 0 Å². The highest BCUT2D eigenvalue weighted by molar-refractivity contribution is 5.35. The van der Waals surface area contributed by atoms with Gasteiger partial charge in [0, 0.05) is 44.2 Å². The molecule has 0 radical (unpaired) electrons. The van der Waals surface area contributed by atoms with Crippen LogP contribution >= 0.6 is 0 Å². The largest absolute Gasteiger partial charge is 0.338 e. The highest BCUT2D eigenvalue weighted by Crippen LogP contribution is 2.11. The van der Waals surface area contributed by atoms with Crippen molar-refractivity contribution in [3.05, 3.63) is 66.0 Å². The van der Waals surface area contributed by atoms with Crippen molar-refractivity contribution < 1.29 is 0 Å². The molecule has 0 fully saturated rings. The van der Waals surface area contributed by atoms with Crippen LogP contribution in [-0.4, -0.2) is 37.8 Å². The van der Waals surface area contributed by atoms with Gasteiger partial charge in [-0.05, 0) is 44.6 Å². The van der Waals surface area contributed by atoms with Crippen molar-refractivity contribution in [1.29, 1.82) is 0 Å². The van der Waals surface area contributed by atoms with Crippen molar-refractivity contribution in [1.82, 2.24) is 24.2 Å². The molecule has 24 heavy (non-hydrogen) atoms. The number of hydrogen-bond donors (Lipinski definition) is 0. The third-order valence-corrected chi connectivity index (χ3v) is 4.22. The van der Waals surface area contributed by atoms with Crippen LogP contribution in [0.4, 0.5) is 0 Å². The number of nitrogens with zero attached hydrogens (tertiary/aromatic N) is 5. The fourth-order valence-corrected chi connectivity index (χ4v) is 2.89. The summed E-state index contributed by atoms with van der Waals surface area (Å²) in [5.74, 6) is 1.15. The Balaban J connectivity index is 1.52. The Hall–Kier alpha value is -2.40. The second kappa shape index (κ2) is 7.45. The second-order valence-electron chi connectivity index (χ2n) is 6.43. The van der Waals surface area contributed by atoms with E-state index in [1.54, 1.807) is 0 Å². The fraction of sp³-hybridized carbons (Fsp3) is 0.368. The van der Waals surface area contributed by atoms with Gasteiger partial charge >= 0.3 is 0 Å². The Morgan fingerprint density at radius 2 is 2.12 bits per heavy atom. The van der Waals surface area contributed by atoms with E-state index in [2.05, 4.69) is 64.0 Å². The van der Waals surface area contributed by atoms with Gasteiger partial charge < -0.3 is 9.47 Å². The minimum Gasteiger partial charge on any atom is -0.338 e. The Morgan fingerprint density at radius 3 is 2.88 bits per heavy atom. The number of aryl methyl sites for hydroxylation is 3. The molecule has 2 aromatic heterocycles. The average molecular weight is 323 g/mol. The summed E-state index contributed by atoms with van der Waals surface area (Å²) in [4.78, 5) is 6.71. The van der Waals surface area contributed by atoms with Crippen LogP contribution in [0.5, 0.6) is 0 Å². The smallest absolute Gasteiger partial charge is 0.108 e. The summed E-state index contributed by atoms with van der Waals surface area (Å²) < 4.78 is 4.04. The second-order valence-corrected chi connectivity index (χ2v) is 6.43. The lowest BCUT2D eigenvalue weighted by Crippen LogP contribution is -2.19. The molecule has 0 unspecified atom stereocenters. The van der Waals surface area contributed by atoms with E-state index < -0.39 is 0 Å². The third kappa shape index (κ3) is 4.11. The molecule has 0 saturated heterocycles. The van der Waals surface area contributed by atoms with E-state index in [0.717, 1.165) is 37.4 Å². The van der Waals surface area contributed by atoms with Crippen LogP contribution in [0, 0.1) is 6.92 Å². The van der Waals surface area contributed by atoms with E-state index >= 15 is 0 Å². The lowest BCUT2D eigenvalue weighted by atomic mass is 10.2. The molecule has 0 aliphatic rings.